The second-order valence-corrected chi connectivity index (χ2v) is 11.0. The van der Waals surface area contributed by atoms with Gasteiger partial charge in [-0.25, -0.2) is 13.4 Å². The number of aliphatic carboxylic acids is 1. The molecule has 0 bridgehead atoms. The number of aryl methyl sites for hydroxylation is 3. The summed E-state index contributed by atoms with van der Waals surface area (Å²) in [6.07, 6.45) is 0. The van der Waals surface area contributed by atoms with E-state index < -0.39 is 21.9 Å². The number of halogens is 1. The topological polar surface area (TPSA) is 116 Å². The standard InChI is InChI=1S/C26H26ClN3O5S/c1-15-9-19(7-8-22(15)25(31)28-30-13-20(14-30)26(32)33)18-5-4-6-21(12-18)29-36(34,35)24-11-16(2)23(27)10-17(24)3/h4-12,20,29H,13-14H2,1-3H3,(H,28,31)(H,32,33). The van der Waals surface area contributed by atoms with Crippen molar-refractivity contribution in [2.75, 3.05) is 17.8 Å². The van der Waals surface area contributed by atoms with Crippen molar-refractivity contribution in [3.05, 3.63) is 81.9 Å². The van der Waals surface area contributed by atoms with E-state index in [9.17, 15) is 18.0 Å². The highest BCUT2D eigenvalue weighted by atomic mass is 35.5. The molecule has 3 aromatic rings. The molecule has 3 N–H and O–H groups in total. The van der Waals surface area contributed by atoms with Crippen LogP contribution in [0.15, 0.2) is 59.5 Å². The molecule has 1 heterocycles. The monoisotopic (exact) mass is 527 g/mol. The van der Waals surface area contributed by atoms with Gasteiger partial charge in [0, 0.05) is 29.4 Å². The molecule has 1 fully saturated rings. The first-order valence-corrected chi connectivity index (χ1v) is 13.1. The normalized spacial score (nSPS) is 14.2. The minimum Gasteiger partial charge on any atom is -0.481 e. The van der Waals surface area contributed by atoms with Crippen LogP contribution in [0.3, 0.4) is 0 Å². The molecule has 0 aromatic heterocycles. The zero-order chi connectivity index (χ0) is 26.2. The van der Waals surface area contributed by atoms with Crippen molar-refractivity contribution >= 4 is 39.2 Å². The van der Waals surface area contributed by atoms with E-state index in [4.69, 9.17) is 16.7 Å². The van der Waals surface area contributed by atoms with E-state index in [0.717, 1.165) is 16.7 Å². The number of hydrogen-bond acceptors (Lipinski definition) is 5. The number of nitrogens with one attached hydrogen (secondary N) is 2. The van der Waals surface area contributed by atoms with E-state index in [0.29, 0.717) is 27.4 Å². The Morgan fingerprint density at radius 2 is 1.64 bits per heavy atom. The van der Waals surface area contributed by atoms with Gasteiger partial charge in [-0.1, -0.05) is 35.9 Å². The number of nitrogens with zero attached hydrogens (tertiary/aromatic N) is 1. The number of carboxylic acid groups (broad SMARTS) is 1. The number of hydrazine groups is 1. The fourth-order valence-corrected chi connectivity index (χ4v) is 5.62. The van der Waals surface area contributed by atoms with Gasteiger partial charge in [-0.2, -0.15) is 0 Å². The van der Waals surface area contributed by atoms with Gasteiger partial charge in [0.25, 0.3) is 15.9 Å². The first kappa shape index (κ1) is 25.7. The molecule has 0 saturated carbocycles. The fourth-order valence-electron chi connectivity index (χ4n) is 4.04. The van der Waals surface area contributed by atoms with E-state index in [2.05, 4.69) is 10.1 Å². The Bertz CT molecular complexity index is 1470. The number of carboxylic acids is 1. The predicted octanol–water partition coefficient (Wildman–Crippen LogP) is 4.39. The molecule has 1 aliphatic heterocycles. The molecular weight excluding hydrogens is 502 g/mol. The van der Waals surface area contributed by atoms with Crippen LogP contribution in [0.4, 0.5) is 5.69 Å². The molecule has 0 aliphatic carbocycles. The maximum absolute atomic E-state index is 13.0. The third-order valence-corrected chi connectivity index (χ3v) is 8.09. The number of amides is 1. The molecule has 4 rings (SSSR count). The van der Waals surface area contributed by atoms with Crippen molar-refractivity contribution in [2.45, 2.75) is 25.7 Å². The molecule has 36 heavy (non-hydrogen) atoms. The molecule has 0 atom stereocenters. The number of hydrogen-bond donors (Lipinski definition) is 3. The van der Waals surface area contributed by atoms with Gasteiger partial charge in [-0.05, 0) is 78.9 Å². The summed E-state index contributed by atoms with van der Waals surface area (Å²) in [4.78, 5) is 23.7. The maximum Gasteiger partial charge on any atom is 0.309 e. The van der Waals surface area contributed by atoms with Crippen LogP contribution in [0.2, 0.25) is 5.02 Å². The van der Waals surface area contributed by atoms with Gasteiger partial charge >= 0.3 is 5.97 Å². The largest absolute Gasteiger partial charge is 0.481 e. The Morgan fingerprint density at radius 1 is 0.944 bits per heavy atom. The Labute approximate surface area is 214 Å². The maximum atomic E-state index is 13.0. The Morgan fingerprint density at radius 3 is 2.31 bits per heavy atom. The van der Waals surface area contributed by atoms with Crippen LogP contribution in [0.5, 0.6) is 0 Å². The number of carbonyl (C=O) groups is 2. The van der Waals surface area contributed by atoms with Crippen LogP contribution >= 0.6 is 11.6 Å². The average Bonchev–Trinajstić information content (AvgIpc) is 2.77. The van der Waals surface area contributed by atoms with Gasteiger partial charge < -0.3 is 5.11 Å². The number of carbonyl (C=O) groups excluding carboxylic acids is 1. The second kappa shape index (κ2) is 9.93. The number of benzene rings is 3. The number of sulfonamides is 1. The molecule has 0 spiro atoms. The summed E-state index contributed by atoms with van der Waals surface area (Å²) in [5, 5.41) is 11.1. The zero-order valence-corrected chi connectivity index (χ0v) is 21.6. The van der Waals surface area contributed by atoms with E-state index in [1.807, 2.05) is 19.1 Å². The SMILES string of the molecule is Cc1cc(S(=O)(=O)Nc2cccc(-c3ccc(C(=O)NN4CC(C(=O)O)C4)c(C)c3)c2)c(C)cc1Cl. The third-order valence-electron chi connectivity index (χ3n) is 6.16. The lowest BCUT2D eigenvalue weighted by molar-refractivity contribution is -0.148. The van der Waals surface area contributed by atoms with Gasteiger partial charge in [0.05, 0.1) is 10.8 Å². The smallest absolute Gasteiger partial charge is 0.309 e. The van der Waals surface area contributed by atoms with Crippen LogP contribution in [0, 0.1) is 26.7 Å². The van der Waals surface area contributed by atoms with Gasteiger partial charge in [-0.3, -0.25) is 19.7 Å². The van der Waals surface area contributed by atoms with Crippen molar-refractivity contribution in [1.82, 2.24) is 10.4 Å². The van der Waals surface area contributed by atoms with Crippen LogP contribution in [0.1, 0.15) is 27.0 Å². The lowest BCUT2D eigenvalue weighted by atomic mass is 9.99. The summed E-state index contributed by atoms with van der Waals surface area (Å²) in [6.45, 7) is 5.81. The van der Waals surface area contributed by atoms with Gasteiger partial charge in [-0.15, -0.1) is 0 Å². The minimum absolute atomic E-state index is 0.165. The molecule has 0 radical (unpaired) electrons. The highest BCUT2D eigenvalue weighted by Gasteiger charge is 2.33. The highest BCUT2D eigenvalue weighted by Crippen LogP contribution is 2.29. The highest BCUT2D eigenvalue weighted by molar-refractivity contribution is 7.92. The molecule has 8 nitrogen and oxygen atoms in total. The average molecular weight is 528 g/mol. The van der Waals surface area contributed by atoms with Gasteiger partial charge in [0.1, 0.15) is 0 Å². The van der Waals surface area contributed by atoms with Crippen LogP contribution in [-0.2, 0) is 14.8 Å². The molecule has 1 aliphatic rings. The number of anilines is 1. The second-order valence-electron chi connectivity index (χ2n) is 8.96. The summed E-state index contributed by atoms with van der Waals surface area (Å²) in [7, 11) is -3.83. The fraction of sp³-hybridized carbons (Fsp3) is 0.231. The lowest BCUT2D eigenvalue weighted by Gasteiger charge is -2.36. The van der Waals surface area contributed by atoms with E-state index in [-0.39, 0.29) is 23.9 Å². The van der Waals surface area contributed by atoms with Crippen molar-refractivity contribution in [1.29, 1.82) is 0 Å². The molecule has 188 valence electrons. The van der Waals surface area contributed by atoms with Crippen molar-refractivity contribution in [3.63, 3.8) is 0 Å². The predicted molar refractivity (Wildman–Crippen MR) is 139 cm³/mol. The molecular formula is C26H26ClN3O5S. The van der Waals surface area contributed by atoms with Crippen molar-refractivity contribution < 1.29 is 23.1 Å². The third kappa shape index (κ3) is 5.38. The first-order chi connectivity index (χ1) is 16.9. The molecule has 1 saturated heterocycles. The van der Waals surface area contributed by atoms with Crippen molar-refractivity contribution in [2.24, 2.45) is 5.92 Å². The summed E-state index contributed by atoms with van der Waals surface area (Å²) in [6, 6.07) is 15.5. The summed E-state index contributed by atoms with van der Waals surface area (Å²) in [5.74, 6) is -1.65. The molecule has 0 unspecified atom stereocenters. The molecule has 3 aromatic carbocycles. The summed E-state index contributed by atoms with van der Waals surface area (Å²) in [5.41, 5.74) is 7.16. The first-order valence-electron chi connectivity index (χ1n) is 11.2. The molecule has 10 heteroatoms. The van der Waals surface area contributed by atoms with E-state index in [1.165, 1.54) is 0 Å². The van der Waals surface area contributed by atoms with Gasteiger partial charge in [0.2, 0.25) is 0 Å². The summed E-state index contributed by atoms with van der Waals surface area (Å²) < 4.78 is 28.7. The Hall–Kier alpha value is -3.40. The van der Waals surface area contributed by atoms with Crippen LogP contribution < -0.4 is 10.1 Å². The van der Waals surface area contributed by atoms with Crippen LogP contribution in [0.25, 0.3) is 11.1 Å². The lowest BCUT2D eigenvalue weighted by Crippen LogP contribution is -2.58. The van der Waals surface area contributed by atoms with E-state index in [1.54, 1.807) is 61.3 Å². The minimum atomic E-state index is -3.83. The van der Waals surface area contributed by atoms with Crippen molar-refractivity contribution in [3.8, 4) is 11.1 Å². The van der Waals surface area contributed by atoms with E-state index >= 15 is 0 Å². The quantitative estimate of drug-likeness (QED) is 0.419. The van der Waals surface area contributed by atoms with Crippen LogP contribution in [-0.4, -0.2) is 43.5 Å². The summed E-state index contributed by atoms with van der Waals surface area (Å²) >= 11 is 6.12. The Balaban J connectivity index is 1.51. The number of rotatable bonds is 7. The Kier molecular flexibility index (Phi) is 7.08. The molecule has 1 amide bonds. The zero-order valence-electron chi connectivity index (χ0n) is 20.0. The van der Waals surface area contributed by atoms with Gasteiger partial charge in [0.15, 0.2) is 0 Å².